The van der Waals surface area contributed by atoms with E-state index in [1.807, 2.05) is 0 Å². The third kappa shape index (κ3) is 4.80. The van der Waals surface area contributed by atoms with Crippen molar-refractivity contribution in [1.29, 1.82) is 0 Å². The van der Waals surface area contributed by atoms with Crippen LogP contribution in [-0.4, -0.2) is 43.7 Å². The highest BCUT2D eigenvalue weighted by atomic mass is 19.1. The molecule has 0 spiro atoms. The molecule has 0 bridgehead atoms. The molecular formula is C21H21FN4O4. The lowest BCUT2D eigenvalue weighted by Gasteiger charge is -2.14. The van der Waals surface area contributed by atoms with Crippen molar-refractivity contribution < 1.29 is 23.5 Å². The lowest BCUT2D eigenvalue weighted by atomic mass is 10.00. The first-order valence-electron chi connectivity index (χ1n) is 9.11. The Labute approximate surface area is 172 Å². The Bertz CT molecular complexity index is 1040. The molecule has 0 unspecified atom stereocenters. The summed E-state index contributed by atoms with van der Waals surface area (Å²) in [5.41, 5.74) is 4.55. The summed E-state index contributed by atoms with van der Waals surface area (Å²) in [5, 5.41) is 7.21. The van der Waals surface area contributed by atoms with E-state index >= 15 is 0 Å². The smallest absolute Gasteiger partial charge is 0.308 e. The van der Waals surface area contributed by atoms with Gasteiger partial charge in [0.1, 0.15) is 17.6 Å². The van der Waals surface area contributed by atoms with Crippen LogP contribution in [0.2, 0.25) is 0 Å². The van der Waals surface area contributed by atoms with E-state index in [9.17, 15) is 14.0 Å². The van der Waals surface area contributed by atoms with Crippen LogP contribution >= 0.6 is 0 Å². The first kappa shape index (κ1) is 21.0. The molecule has 1 aliphatic heterocycles. The number of rotatable bonds is 5. The number of hydrazone groups is 1. The molecule has 0 aliphatic carbocycles. The third-order valence-corrected chi connectivity index (χ3v) is 4.36. The number of halogens is 1. The molecule has 0 fully saturated rings. The van der Waals surface area contributed by atoms with Crippen LogP contribution in [0.3, 0.4) is 0 Å². The molecule has 1 amide bonds. The van der Waals surface area contributed by atoms with Gasteiger partial charge in [-0.2, -0.15) is 5.10 Å². The van der Waals surface area contributed by atoms with Gasteiger partial charge in [0.25, 0.3) is 0 Å². The predicted octanol–water partition coefficient (Wildman–Crippen LogP) is 2.48. The average molecular weight is 412 g/mol. The summed E-state index contributed by atoms with van der Waals surface area (Å²) in [7, 11) is 2.81. The largest absolute Gasteiger partial charge is 0.497 e. The van der Waals surface area contributed by atoms with Gasteiger partial charge in [-0.25, -0.2) is 9.82 Å². The van der Waals surface area contributed by atoms with Crippen LogP contribution in [0.5, 0.6) is 5.75 Å². The molecule has 1 heterocycles. The molecule has 2 N–H and O–H groups in total. The van der Waals surface area contributed by atoms with E-state index in [1.165, 1.54) is 33.3 Å². The first-order chi connectivity index (χ1) is 14.4. The van der Waals surface area contributed by atoms with Gasteiger partial charge in [0.2, 0.25) is 5.91 Å². The Kier molecular flexibility index (Phi) is 6.41. The summed E-state index contributed by atoms with van der Waals surface area (Å²) in [4.78, 5) is 28.1. The van der Waals surface area contributed by atoms with Crippen molar-refractivity contribution in [3.05, 3.63) is 59.4 Å². The number of esters is 1. The van der Waals surface area contributed by atoms with Crippen LogP contribution in [0.15, 0.2) is 52.6 Å². The number of amides is 1. The molecule has 0 radical (unpaired) electrons. The van der Waals surface area contributed by atoms with Crippen molar-refractivity contribution >= 4 is 29.1 Å². The van der Waals surface area contributed by atoms with E-state index < -0.39 is 17.8 Å². The molecule has 1 atom stereocenters. The Hall–Kier alpha value is -3.75. The number of anilines is 1. The zero-order valence-corrected chi connectivity index (χ0v) is 16.7. The zero-order valence-electron chi connectivity index (χ0n) is 16.7. The minimum Gasteiger partial charge on any atom is -0.497 e. The number of nitrogens with zero attached hydrogens (tertiary/aromatic N) is 2. The zero-order chi connectivity index (χ0) is 21.7. The molecule has 0 saturated heterocycles. The van der Waals surface area contributed by atoms with Crippen molar-refractivity contribution in [2.24, 2.45) is 10.1 Å². The van der Waals surface area contributed by atoms with Crippen molar-refractivity contribution in [2.75, 3.05) is 19.5 Å². The Balaban J connectivity index is 2.21. The standard InChI is InChI=1S/C21H21FN4O4/c1-12(27)25-26-21-18(11-19(28)30-3)23-20(13-5-4-6-14(22)9-13)16-10-15(29-2)7-8-17(16)24-21/h4-10,18H,11H2,1-3H3,(H,24,26)(H,25,27)/t18-/m0/s1. The van der Waals surface area contributed by atoms with Crippen molar-refractivity contribution in [1.82, 2.24) is 5.43 Å². The van der Waals surface area contributed by atoms with E-state index in [0.717, 1.165) is 0 Å². The minimum atomic E-state index is -0.805. The molecule has 2 aromatic carbocycles. The molecule has 1 aliphatic rings. The normalized spacial score (nSPS) is 16.6. The molecule has 9 heteroatoms. The molecule has 0 aromatic heterocycles. The molecular weight excluding hydrogens is 391 g/mol. The Morgan fingerprint density at radius 2 is 2.03 bits per heavy atom. The lowest BCUT2D eigenvalue weighted by Crippen LogP contribution is -2.32. The van der Waals surface area contributed by atoms with Gasteiger partial charge in [-0.3, -0.25) is 14.6 Å². The first-order valence-corrected chi connectivity index (χ1v) is 9.11. The van der Waals surface area contributed by atoms with Gasteiger partial charge >= 0.3 is 5.97 Å². The fourth-order valence-electron chi connectivity index (χ4n) is 2.95. The highest BCUT2D eigenvalue weighted by molar-refractivity contribution is 6.20. The summed E-state index contributed by atoms with van der Waals surface area (Å²) in [6.45, 7) is 1.32. The Morgan fingerprint density at radius 1 is 1.23 bits per heavy atom. The molecule has 8 nitrogen and oxygen atoms in total. The summed E-state index contributed by atoms with van der Waals surface area (Å²) in [6, 6.07) is 10.4. The van der Waals surface area contributed by atoms with Crippen molar-refractivity contribution in [3.8, 4) is 5.75 Å². The number of carbonyl (C=O) groups is 2. The number of nitrogens with one attached hydrogen (secondary N) is 2. The lowest BCUT2D eigenvalue weighted by molar-refractivity contribution is -0.140. The van der Waals surface area contributed by atoms with Crippen LogP contribution in [0.4, 0.5) is 10.1 Å². The third-order valence-electron chi connectivity index (χ3n) is 4.36. The molecule has 0 saturated carbocycles. The van der Waals surface area contributed by atoms with Crippen LogP contribution in [0.25, 0.3) is 0 Å². The summed E-state index contributed by atoms with van der Waals surface area (Å²) in [5.74, 6) is -0.494. The molecule has 3 rings (SSSR count). The molecule has 2 aromatic rings. The number of hydrogen-bond donors (Lipinski definition) is 2. The van der Waals surface area contributed by atoms with E-state index in [0.29, 0.717) is 28.3 Å². The summed E-state index contributed by atoms with van der Waals surface area (Å²) in [6.07, 6.45) is -0.133. The van der Waals surface area contributed by atoms with E-state index in [1.54, 1.807) is 30.3 Å². The number of carbonyl (C=O) groups excluding carboxylic acids is 2. The number of benzodiazepines with no additional fused rings is 1. The minimum absolute atomic E-state index is 0.133. The number of hydrogen-bond acceptors (Lipinski definition) is 6. The summed E-state index contributed by atoms with van der Waals surface area (Å²) >= 11 is 0. The fraction of sp³-hybridized carbons (Fsp3) is 0.238. The second kappa shape index (κ2) is 9.17. The quantitative estimate of drug-likeness (QED) is 0.580. The van der Waals surface area contributed by atoms with Crippen LogP contribution in [-0.2, 0) is 14.3 Å². The van der Waals surface area contributed by atoms with Gasteiger partial charge in [0.05, 0.1) is 26.4 Å². The summed E-state index contributed by atoms with van der Waals surface area (Å²) < 4.78 is 24.1. The maximum Gasteiger partial charge on any atom is 0.308 e. The number of benzene rings is 2. The number of methoxy groups -OCH3 is 2. The van der Waals surface area contributed by atoms with Gasteiger partial charge in [0.15, 0.2) is 5.84 Å². The van der Waals surface area contributed by atoms with Crippen LogP contribution in [0.1, 0.15) is 24.5 Å². The highest BCUT2D eigenvalue weighted by Gasteiger charge is 2.27. The van der Waals surface area contributed by atoms with Gasteiger partial charge in [-0.15, -0.1) is 0 Å². The number of fused-ring (bicyclic) bond motifs is 1. The van der Waals surface area contributed by atoms with E-state index in [2.05, 4.69) is 15.8 Å². The maximum atomic E-state index is 14.0. The number of aliphatic imine (C=N–C) groups is 1. The molecule has 156 valence electrons. The van der Waals surface area contributed by atoms with Gasteiger partial charge < -0.3 is 14.8 Å². The van der Waals surface area contributed by atoms with Gasteiger partial charge in [-0.1, -0.05) is 12.1 Å². The van der Waals surface area contributed by atoms with Crippen LogP contribution < -0.4 is 15.5 Å². The van der Waals surface area contributed by atoms with Crippen molar-refractivity contribution in [3.63, 3.8) is 0 Å². The van der Waals surface area contributed by atoms with E-state index in [-0.39, 0.29) is 18.2 Å². The Morgan fingerprint density at radius 3 is 2.70 bits per heavy atom. The maximum absolute atomic E-state index is 14.0. The highest BCUT2D eigenvalue weighted by Crippen LogP contribution is 2.29. The number of amidine groups is 1. The van der Waals surface area contributed by atoms with Crippen LogP contribution in [0, 0.1) is 5.82 Å². The predicted molar refractivity (Wildman–Crippen MR) is 110 cm³/mol. The number of ether oxygens (including phenoxy) is 2. The second-order valence-corrected chi connectivity index (χ2v) is 6.49. The average Bonchev–Trinajstić information content (AvgIpc) is 2.88. The second-order valence-electron chi connectivity index (χ2n) is 6.49. The topological polar surface area (TPSA) is 101 Å². The van der Waals surface area contributed by atoms with Gasteiger partial charge in [-0.05, 0) is 30.3 Å². The fourth-order valence-corrected chi connectivity index (χ4v) is 2.95. The van der Waals surface area contributed by atoms with E-state index in [4.69, 9.17) is 14.5 Å². The molecule has 30 heavy (non-hydrogen) atoms. The monoisotopic (exact) mass is 412 g/mol. The van der Waals surface area contributed by atoms with Gasteiger partial charge in [0, 0.05) is 23.7 Å². The SMILES string of the molecule is COC(=O)C[C@@H]1N=C(c2cccc(F)c2)c2cc(OC)ccc2N/C1=N\NC(C)=O. The van der Waals surface area contributed by atoms with Crippen molar-refractivity contribution in [2.45, 2.75) is 19.4 Å².